The summed E-state index contributed by atoms with van der Waals surface area (Å²) in [5.41, 5.74) is 4.25. The number of benzene rings is 3. The first-order valence-corrected chi connectivity index (χ1v) is 10.6. The average molecular weight is 389 g/mol. The molecule has 1 amide bonds. The van der Waals surface area contributed by atoms with E-state index in [0.717, 1.165) is 23.4 Å². The molecule has 142 valence electrons. The molecule has 0 aromatic heterocycles. The highest BCUT2D eigenvalue weighted by molar-refractivity contribution is 7.99. The van der Waals surface area contributed by atoms with Gasteiger partial charge >= 0.3 is 0 Å². The molecule has 1 heterocycles. The molecule has 2 atom stereocenters. The van der Waals surface area contributed by atoms with E-state index in [1.807, 2.05) is 73.3 Å². The van der Waals surface area contributed by atoms with Crippen LogP contribution in [0.4, 0.5) is 5.69 Å². The summed E-state index contributed by atoms with van der Waals surface area (Å²) in [6.07, 6.45) is 1.00. The van der Waals surface area contributed by atoms with Gasteiger partial charge < -0.3 is 5.32 Å². The molecule has 4 heteroatoms. The summed E-state index contributed by atoms with van der Waals surface area (Å²) in [5.74, 6) is 1.02. The second-order valence-electron chi connectivity index (χ2n) is 7.09. The van der Waals surface area contributed by atoms with Gasteiger partial charge in [0.15, 0.2) is 0 Å². The lowest BCUT2D eigenvalue weighted by Crippen LogP contribution is -2.36. The molecule has 2 N–H and O–H groups in total. The van der Waals surface area contributed by atoms with Gasteiger partial charge in [0.1, 0.15) is 6.04 Å². The molecule has 0 aliphatic carbocycles. The molecule has 0 saturated heterocycles. The number of carbonyl (C=O) groups is 1. The van der Waals surface area contributed by atoms with Crippen molar-refractivity contribution in [2.75, 3.05) is 11.1 Å². The van der Waals surface area contributed by atoms with Crippen molar-refractivity contribution < 1.29 is 4.79 Å². The molecular weight excluding hydrogens is 364 g/mol. The van der Waals surface area contributed by atoms with Crippen LogP contribution >= 0.6 is 11.8 Å². The van der Waals surface area contributed by atoms with Crippen LogP contribution < -0.4 is 10.6 Å². The number of fused-ring (bicyclic) bond motifs is 1. The van der Waals surface area contributed by atoms with E-state index in [1.165, 1.54) is 16.0 Å². The van der Waals surface area contributed by atoms with Crippen LogP contribution in [0.15, 0.2) is 83.8 Å². The lowest BCUT2D eigenvalue weighted by atomic mass is 9.99. The van der Waals surface area contributed by atoms with Crippen LogP contribution in [-0.4, -0.2) is 11.7 Å². The van der Waals surface area contributed by atoms with Crippen molar-refractivity contribution in [1.29, 1.82) is 0 Å². The first-order chi connectivity index (χ1) is 13.7. The SMILES string of the molecule is Cc1ccc(NC(=O)[C@@H](N[C@H]2CCSc3ccccc32)c2ccccc2)cc1. The van der Waals surface area contributed by atoms with Gasteiger partial charge in [-0.05, 0) is 48.4 Å². The Hall–Kier alpha value is -2.56. The van der Waals surface area contributed by atoms with Gasteiger partial charge in [-0.3, -0.25) is 10.1 Å². The highest BCUT2D eigenvalue weighted by Gasteiger charge is 2.27. The van der Waals surface area contributed by atoms with Crippen LogP contribution in [0, 0.1) is 6.92 Å². The topological polar surface area (TPSA) is 41.1 Å². The molecule has 0 fully saturated rings. The fourth-order valence-corrected chi connectivity index (χ4v) is 4.66. The zero-order valence-electron chi connectivity index (χ0n) is 15.9. The van der Waals surface area contributed by atoms with Gasteiger partial charge in [0.25, 0.3) is 0 Å². The largest absolute Gasteiger partial charge is 0.324 e. The first-order valence-electron chi connectivity index (χ1n) is 9.61. The minimum atomic E-state index is -0.413. The van der Waals surface area contributed by atoms with E-state index in [2.05, 4.69) is 34.9 Å². The Labute approximate surface area is 170 Å². The van der Waals surface area contributed by atoms with Crippen LogP contribution in [0.5, 0.6) is 0 Å². The minimum absolute atomic E-state index is 0.0363. The molecule has 28 heavy (non-hydrogen) atoms. The van der Waals surface area contributed by atoms with E-state index in [-0.39, 0.29) is 11.9 Å². The second kappa shape index (κ2) is 8.63. The molecule has 3 aromatic carbocycles. The van der Waals surface area contributed by atoms with Gasteiger partial charge in [-0.15, -0.1) is 11.8 Å². The smallest absolute Gasteiger partial charge is 0.246 e. The monoisotopic (exact) mass is 388 g/mol. The molecule has 0 spiro atoms. The van der Waals surface area contributed by atoms with Crippen molar-refractivity contribution in [1.82, 2.24) is 5.32 Å². The Morgan fingerprint density at radius 2 is 1.68 bits per heavy atom. The van der Waals surface area contributed by atoms with Gasteiger partial charge in [0.05, 0.1) is 0 Å². The average Bonchev–Trinajstić information content (AvgIpc) is 2.74. The van der Waals surface area contributed by atoms with Gasteiger partial charge in [0, 0.05) is 16.6 Å². The molecule has 4 rings (SSSR count). The lowest BCUT2D eigenvalue weighted by molar-refractivity contribution is -0.118. The van der Waals surface area contributed by atoms with Crippen molar-refractivity contribution in [3.63, 3.8) is 0 Å². The molecule has 0 radical (unpaired) electrons. The zero-order chi connectivity index (χ0) is 19.3. The van der Waals surface area contributed by atoms with Gasteiger partial charge in [-0.2, -0.15) is 0 Å². The van der Waals surface area contributed by atoms with Gasteiger partial charge in [-0.25, -0.2) is 0 Å². The number of rotatable bonds is 5. The summed E-state index contributed by atoms with van der Waals surface area (Å²) in [6, 6.07) is 26.1. The summed E-state index contributed by atoms with van der Waals surface area (Å²) < 4.78 is 0. The van der Waals surface area contributed by atoms with Crippen LogP contribution in [0.25, 0.3) is 0 Å². The molecule has 3 aromatic rings. The zero-order valence-corrected chi connectivity index (χ0v) is 16.7. The molecule has 0 bridgehead atoms. The number of thioether (sulfide) groups is 1. The summed E-state index contributed by atoms with van der Waals surface area (Å²) >= 11 is 1.89. The van der Waals surface area contributed by atoms with E-state index in [4.69, 9.17) is 0 Å². The summed E-state index contributed by atoms with van der Waals surface area (Å²) in [7, 11) is 0. The summed E-state index contributed by atoms with van der Waals surface area (Å²) in [4.78, 5) is 14.5. The molecular formula is C24H24N2OS. The van der Waals surface area contributed by atoms with Gasteiger partial charge in [-0.1, -0.05) is 66.2 Å². The summed E-state index contributed by atoms with van der Waals surface area (Å²) in [5, 5.41) is 6.71. The summed E-state index contributed by atoms with van der Waals surface area (Å²) in [6.45, 7) is 2.04. The molecule has 0 unspecified atom stereocenters. The maximum atomic E-state index is 13.2. The van der Waals surface area contributed by atoms with E-state index >= 15 is 0 Å². The maximum absolute atomic E-state index is 13.2. The number of anilines is 1. The highest BCUT2D eigenvalue weighted by atomic mass is 32.2. The second-order valence-corrected chi connectivity index (χ2v) is 8.23. The number of hydrogen-bond acceptors (Lipinski definition) is 3. The van der Waals surface area contributed by atoms with Crippen LogP contribution in [-0.2, 0) is 4.79 Å². The Morgan fingerprint density at radius 1 is 0.964 bits per heavy atom. The number of carbonyl (C=O) groups excluding carboxylic acids is 1. The number of aryl methyl sites for hydroxylation is 1. The van der Waals surface area contributed by atoms with E-state index in [9.17, 15) is 4.79 Å². The minimum Gasteiger partial charge on any atom is -0.324 e. The number of hydrogen-bond donors (Lipinski definition) is 2. The van der Waals surface area contributed by atoms with E-state index < -0.39 is 6.04 Å². The van der Waals surface area contributed by atoms with Crippen molar-refractivity contribution >= 4 is 23.4 Å². The predicted molar refractivity (Wildman–Crippen MR) is 117 cm³/mol. The quantitative estimate of drug-likeness (QED) is 0.606. The van der Waals surface area contributed by atoms with E-state index in [0.29, 0.717) is 0 Å². The lowest BCUT2D eigenvalue weighted by Gasteiger charge is -2.30. The normalized spacial score (nSPS) is 16.8. The maximum Gasteiger partial charge on any atom is 0.246 e. The number of nitrogens with one attached hydrogen (secondary N) is 2. The third-order valence-electron chi connectivity index (χ3n) is 5.04. The number of amides is 1. The Kier molecular flexibility index (Phi) is 5.79. The van der Waals surface area contributed by atoms with Crippen LogP contribution in [0.1, 0.15) is 35.2 Å². The third-order valence-corrected chi connectivity index (χ3v) is 6.16. The van der Waals surface area contributed by atoms with Crippen molar-refractivity contribution in [3.8, 4) is 0 Å². The Morgan fingerprint density at radius 3 is 2.46 bits per heavy atom. The fourth-order valence-electron chi connectivity index (χ4n) is 3.54. The van der Waals surface area contributed by atoms with Crippen molar-refractivity contribution in [3.05, 3.63) is 95.6 Å². The fraction of sp³-hybridized carbons (Fsp3) is 0.208. The molecule has 1 aliphatic heterocycles. The third kappa shape index (κ3) is 4.29. The molecule has 1 aliphatic rings. The Bertz CT molecular complexity index is 940. The molecule has 0 saturated carbocycles. The van der Waals surface area contributed by atoms with Crippen molar-refractivity contribution in [2.45, 2.75) is 30.3 Å². The molecule has 3 nitrogen and oxygen atoms in total. The van der Waals surface area contributed by atoms with Crippen LogP contribution in [0.3, 0.4) is 0 Å². The standard InChI is InChI=1S/C24H24N2OS/c1-17-11-13-19(14-12-17)25-24(27)23(18-7-3-2-4-8-18)26-21-15-16-28-22-10-6-5-9-20(21)22/h2-14,21,23,26H,15-16H2,1H3,(H,25,27)/t21-,23-/m0/s1. The first kappa shape index (κ1) is 18.8. The Balaban J connectivity index is 1.60. The van der Waals surface area contributed by atoms with Crippen molar-refractivity contribution in [2.24, 2.45) is 0 Å². The highest BCUT2D eigenvalue weighted by Crippen LogP contribution is 2.37. The van der Waals surface area contributed by atoms with Crippen LogP contribution in [0.2, 0.25) is 0 Å². The van der Waals surface area contributed by atoms with Gasteiger partial charge in [0.2, 0.25) is 5.91 Å². The van der Waals surface area contributed by atoms with E-state index in [1.54, 1.807) is 0 Å². The predicted octanol–water partition coefficient (Wildman–Crippen LogP) is 5.50.